The Morgan fingerprint density at radius 1 is 0.977 bits per heavy atom. The van der Waals surface area contributed by atoms with Crippen molar-refractivity contribution in [2.24, 2.45) is 0 Å². The summed E-state index contributed by atoms with van der Waals surface area (Å²) in [5.41, 5.74) is 1.34. The summed E-state index contributed by atoms with van der Waals surface area (Å²) in [6.07, 6.45) is 6.94. The highest BCUT2D eigenvalue weighted by Crippen LogP contribution is 2.37. The van der Waals surface area contributed by atoms with Gasteiger partial charge in [0.2, 0.25) is 5.88 Å². The van der Waals surface area contributed by atoms with Crippen LogP contribution in [-0.4, -0.2) is 57.0 Å². The summed E-state index contributed by atoms with van der Waals surface area (Å²) >= 11 is 0. The van der Waals surface area contributed by atoms with E-state index in [9.17, 15) is 14.0 Å². The molecule has 0 radical (unpaired) electrons. The van der Waals surface area contributed by atoms with E-state index in [1.807, 2.05) is 44.5 Å². The Hall–Kier alpha value is -3.77. The lowest BCUT2D eigenvalue weighted by molar-refractivity contribution is 0.00578. The van der Waals surface area contributed by atoms with Crippen molar-refractivity contribution in [2.45, 2.75) is 102 Å². The van der Waals surface area contributed by atoms with Gasteiger partial charge in [0, 0.05) is 24.3 Å². The largest absolute Gasteiger partial charge is 0.494 e. The van der Waals surface area contributed by atoms with E-state index in [-0.39, 0.29) is 29.4 Å². The highest BCUT2D eigenvalue weighted by Gasteiger charge is 2.51. The SMILES string of the molecule is CC1(C)OB(c2cccc(Oc3ncc(F)cc3C(=O)NC3CCC(NC(=O)c4cc5n(n4)CCCC5)CC3)c2)OC1(C)C. The molecular formula is C32H39BFN5O5. The summed E-state index contributed by atoms with van der Waals surface area (Å²) in [5, 5.41) is 10.6. The molecule has 3 aromatic rings. The van der Waals surface area contributed by atoms with Gasteiger partial charge in [-0.1, -0.05) is 12.1 Å². The Bertz CT molecular complexity index is 1510. The van der Waals surface area contributed by atoms with Gasteiger partial charge in [-0.25, -0.2) is 9.37 Å². The van der Waals surface area contributed by atoms with Crippen molar-refractivity contribution in [3.8, 4) is 11.6 Å². The van der Waals surface area contributed by atoms with Crippen LogP contribution in [0.1, 0.15) is 92.8 Å². The van der Waals surface area contributed by atoms with Crippen molar-refractivity contribution >= 4 is 24.4 Å². The number of carbonyl (C=O) groups excluding carboxylic acids is 2. The highest BCUT2D eigenvalue weighted by molar-refractivity contribution is 6.62. The number of ether oxygens (including phenoxy) is 1. The fourth-order valence-electron chi connectivity index (χ4n) is 5.92. The molecule has 12 heteroatoms. The van der Waals surface area contributed by atoms with Crippen molar-refractivity contribution in [1.82, 2.24) is 25.4 Å². The van der Waals surface area contributed by atoms with E-state index in [0.29, 0.717) is 37.1 Å². The zero-order chi connectivity index (χ0) is 31.1. The lowest BCUT2D eigenvalue weighted by Crippen LogP contribution is -2.44. The Morgan fingerprint density at radius 2 is 1.66 bits per heavy atom. The van der Waals surface area contributed by atoms with Gasteiger partial charge in [-0.3, -0.25) is 14.3 Å². The number of rotatable bonds is 7. The molecule has 0 unspecified atom stereocenters. The quantitative estimate of drug-likeness (QED) is 0.387. The van der Waals surface area contributed by atoms with Crippen LogP contribution in [0.2, 0.25) is 0 Å². The van der Waals surface area contributed by atoms with E-state index in [1.54, 1.807) is 18.2 Å². The standard InChI is InChI=1S/C32H39BFN5O5/c1-31(2)32(3,4)44-33(43-31)20-8-7-10-25(16-20)42-30-26(17-21(34)19-35-30)28(40)36-22-11-13-23(14-12-22)37-29(41)27-18-24-9-5-6-15-39(24)38-27/h7-8,10,16-19,22-23H,5-6,9,11-15H2,1-4H3,(H,36,40)(H,37,41). The topological polar surface area (TPSA) is 117 Å². The Morgan fingerprint density at radius 3 is 2.34 bits per heavy atom. The van der Waals surface area contributed by atoms with Gasteiger partial charge in [0.25, 0.3) is 11.8 Å². The molecule has 1 aromatic carbocycles. The third kappa shape index (κ3) is 6.37. The van der Waals surface area contributed by atoms with Crippen molar-refractivity contribution in [3.05, 3.63) is 65.4 Å². The van der Waals surface area contributed by atoms with Crippen LogP contribution in [0.15, 0.2) is 42.6 Å². The van der Waals surface area contributed by atoms with Crippen LogP contribution in [0.3, 0.4) is 0 Å². The number of amides is 2. The van der Waals surface area contributed by atoms with Crippen LogP contribution in [0.4, 0.5) is 4.39 Å². The van der Waals surface area contributed by atoms with Crippen LogP contribution in [0.5, 0.6) is 11.6 Å². The Labute approximate surface area is 257 Å². The van der Waals surface area contributed by atoms with Gasteiger partial charge in [-0.2, -0.15) is 5.10 Å². The molecular weight excluding hydrogens is 564 g/mol. The molecule has 0 spiro atoms. The van der Waals surface area contributed by atoms with E-state index in [4.69, 9.17) is 14.0 Å². The fourth-order valence-corrected chi connectivity index (χ4v) is 5.92. The van der Waals surface area contributed by atoms with E-state index in [0.717, 1.165) is 49.2 Å². The molecule has 2 aliphatic heterocycles. The van der Waals surface area contributed by atoms with Crippen LogP contribution in [0.25, 0.3) is 0 Å². The van der Waals surface area contributed by atoms with Crippen molar-refractivity contribution < 1.29 is 28.0 Å². The van der Waals surface area contributed by atoms with Gasteiger partial charge in [-0.15, -0.1) is 0 Å². The number of benzene rings is 1. The summed E-state index contributed by atoms with van der Waals surface area (Å²) in [6, 6.07) is 10.1. The van der Waals surface area contributed by atoms with Gasteiger partial charge in [0.1, 0.15) is 22.8 Å². The lowest BCUT2D eigenvalue weighted by atomic mass is 9.79. The first-order valence-corrected chi connectivity index (χ1v) is 15.4. The summed E-state index contributed by atoms with van der Waals surface area (Å²) in [5.74, 6) is -0.848. The van der Waals surface area contributed by atoms with Crippen LogP contribution in [0, 0.1) is 5.82 Å². The minimum absolute atomic E-state index is 0.000337. The molecule has 4 heterocycles. The first-order valence-electron chi connectivity index (χ1n) is 15.4. The lowest BCUT2D eigenvalue weighted by Gasteiger charge is -2.32. The summed E-state index contributed by atoms with van der Waals surface area (Å²) in [4.78, 5) is 30.2. The molecule has 1 saturated carbocycles. The second-order valence-corrected chi connectivity index (χ2v) is 13.0. The maximum absolute atomic E-state index is 14.2. The third-order valence-corrected chi connectivity index (χ3v) is 9.21. The van der Waals surface area contributed by atoms with E-state index in [1.165, 1.54) is 0 Å². The monoisotopic (exact) mass is 603 g/mol. The number of hydrogen-bond acceptors (Lipinski definition) is 7. The number of halogens is 1. The molecule has 0 atom stereocenters. The fraction of sp³-hybridized carbons (Fsp3) is 0.500. The first-order chi connectivity index (χ1) is 21.0. The molecule has 10 nitrogen and oxygen atoms in total. The number of pyridine rings is 1. The Kier molecular flexibility index (Phi) is 8.23. The summed E-state index contributed by atoms with van der Waals surface area (Å²) in [7, 11) is -0.586. The number of fused-ring (bicyclic) bond motifs is 1. The van der Waals surface area contributed by atoms with Crippen molar-refractivity contribution in [1.29, 1.82) is 0 Å². The zero-order valence-corrected chi connectivity index (χ0v) is 25.7. The molecule has 1 aliphatic carbocycles. The number of aryl methyl sites for hydroxylation is 2. The molecule has 232 valence electrons. The second kappa shape index (κ2) is 12.0. The highest BCUT2D eigenvalue weighted by atomic mass is 19.1. The molecule has 44 heavy (non-hydrogen) atoms. The molecule has 2 aromatic heterocycles. The zero-order valence-electron chi connectivity index (χ0n) is 25.7. The van der Waals surface area contributed by atoms with Gasteiger partial charge in [0.05, 0.1) is 17.4 Å². The predicted octanol–water partition coefficient (Wildman–Crippen LogP) is 4.32. The Balaban J connectivity index is 1.06. The number of carbonyl (C=O) groups is 2. The maximum Gasteiger partial charge on any atom is 0.494 e. The van der Waals surface area contributed by atoms with E-state index >= 15 is 0 Å². The maximum atomic E-state index is 14.2. The van der Waals surface area contributed by atoms with Crippen LogP contribution >= 0.6 is 0 Å². The molecule has 2 N–H and O–H groups in total. The van der Waals surface area contributed by atoms with E-state index in [2.05, 4.69) is 20.7 Å². The average Bonchev–Trinajstić information content (AvgIpc) is 3.52. The average molecular weight is 604 g/mol. The molecule has 1 saturated heterocycles. The molecule has 2 fully saturated rings. The van der Waals surface area contributed by atoms with Gasteiger partial charge in [-0.05, 0) is 102 Å². The summed E-state index contributed by atoms with van der Waals surface area (Å²) < 4.78 is 34.5. The number of hydrogen-bond donors (Lipinski definition) is 2. The second-order valence-electron chi connectivity index (χ2n) is 13.0. The number of aromatic nitrogens is 3. The van der Waals surface area contributed by atoms with Crippen LogP contribution in [-0.2, 0) is 22.3 Å². The number of nitrogens with one attached hydrogen (secondary N) is 2. The normalized spacial score (nSPS) is 22.2. The van der Waals surface area contributed by atoms with Gasteiger partial charge in [0.15, 0.2) is 0 Å². The van der Waals surface area contributed by atoms with Gasteiger partial charge < -0.3 is 24.7 Å². The van der Waals surface area contributed by atoms with Crippen molar-refractivity contribution in [3.63, 3.8) is 0 Å². The summed E-state index contributed by atoms with van der Waals surface area (Å²) in [6.45, 7) is 8.79. The first kappa shape index (κ1) is 30.3. The minimum Gasteiger partial charge on any atom is -0.438 e. The predicted molar refractivity (Wildman–Crippen MR) is 163 cm³/mol. The van der Waals surface area contributed by atoms with E-state index < -0.39 is 30.0 Å². The van der Waals surface area contributed by atoms with Crippen LogP contribution < -0.4 is 20.8 Å². The molecule has 2 amide bonds. The molecule has 3 aliphatic rings. The minimum atomic E-state index is -0.638. The van der Waals surface area contributed by atoms with Gasteiger partial charge >= 0.3 is 7.12 Å². The smallest absolute Gasteiger partial charge is 0.438 e. The molecule has 0 bridgehead atoms. The number of nitrogens with zero attached hydrogens (tertiary/aromatic N) is 3. The third-order valence-electron chi connectivity index (χ3n) is 9.21. The van der Waals surface area contributed by atoms with Crippen molar-refractivity contribution in [2.75, 3.05) is 0 Å². The molecule has 6 rings (SSSR count).